The first kappa shape index (κ1) is 26.6. The number of benzene rings is 3. The summed E-state index contributed by atoms with van der Waals surface area (Å²) in [5, 5.41) is 24.7. The molecule has 2 saturated heterocycles. The number of aliphatic hydroxyl groups is 1. The van der Waals surface area contributed by atoms with Crippen LogP contribution in [-0.4, -0.2) is 53.3 Å². The van der Waals surface area contributed by atoms with Crippen molar-refractivity contribution in [2.45, 2.75) is 25.0 Å². The fourth-order valence-electron chi connectivity index (χ4n) is 5.11. The van der Waals surface area contributed by atoms with E-state index in [1.54, 1.807) is 17.0 Å². The van der Waals surface area contributed by atoms with E-state index in [4.69, 9.17) is 4.74 Å². The molecule has 5 rings (SSSR count). The summed E-state index contributed by atoms with van der Waals surface area (Å²) in [6.07, 6.45) is -0.891. The summed E-state index contributed by atoms with van der Waals surface area (Å²) in [6, 6.07) is 14.9. The Balaban J connectivity index is 1.36. The molecular weight excluding hydrogens is 508 g/mol. The van der Waals surface area contributed by atoms with Gasteiger partial charge in [-0.1, -0.05) is 12.1 Å². The van der Waals surface area contributed by atoms with Crippen LogP contribution >= 0.6 is 0 Å². The van der Waals surface area contributed by atoms with Crippen molar-refractivity contribution in [1.29, 1.82) is 0 Å². The number of aromatic hydroxyl groups is 1. The number of phenolic OH excluding ortho intramolecular Hbond substituents is 1. The fourth-order valence-corrected chi connectivity index (χ4v) is 5.11. The fraction of sp³-hybridized carbons (Fsp3) is 0.310. The van der Waals surface area contributed by atoms with Crippen LogP contribution in [0, 0.1) is 17.6 Å². The summed E-state index contributed by atoms with van der Waals surface area (Å²) in [7, 11) is 0. The van der Waals surface area contributed by atoms with Crippen molar-refractivity contribution in [2.24, 2.45) is 5.92 Å². The topological polar surface area (TPSA) is 102 Å². The van der Waals surface area contributed by atoms with Gasteiger partial charge in [0.25, 0.3) is 0 Å². The molecule has 8 nitrogen and oxygen atoms in total. The molecule has 0 aromatic heterocycles. The van der Waals surface area contributed by atoms with E-state index in [1.165, 1.54) is 59.5 Å². The predicted molar refractivity (Wildman–Crippen MR) is 139 cm³/mol. The standard InChI is InChI=1S/C29H29F2N3O5/c30-19-3-1-18(2-4-19)25(35)12-11-24-27(34(28(24)37)21-7-5-20(31)6-8-21)23-10-9-22(17-26(23)36)39-29(38)33-15-13-32-14-16-33/h1-10,17,24-25,27,32,35-36H,11-16H2. The Morgan fingerprint density at radius 1 is 1.00 bits per heavy atom. The second-order valence-electron chi connectivity index (χ2n) is 9.71. The van der Waals surface area contributed by atoms with Gasteiger partial charge in [0.05, 0.1) is 18.1 Å². The molecule has 2 amide bonds. The molecule has 3 aromatic carbocycles. The number of nitrogens with zero attached hydrogens (tertiary/aromatic N) is 2. The zero-order valence-corrected chi connectivity index (χ0v) is 21.1. The SMILES string of the molecule is O=C(Oc1ccc(C2C(CCC(O)c3ccc(F)cc3)C(=O)N2c2ccc(F)cc2)c(O)c1)N1CCNCC1. The highest BCUT2D eigenvalue weighted by molar-refractivity contribution is 6.03. The Hall–Kier alpha value is -4.02. The van der Waals surface area contributed by atoms with Gasteiger partial charge >= 0.3 is 6.09 Å². The lowest BCUT2D eigenvalue weighted by Gasteiger charge is -2.48. The molecule has 204 valence electrons. The Bertz CT molecular complexity index is 1330. The van der Waals surface area contributed by atoms with Crippen molar-refractivity contribution in [3.05, 3.63) is 89.5 Å². The summed E-state index contributed by atoms with van der Waals surface area (Å²) >= 11 is 0. The molecule has 3 N–H and O–H groups in total. The summed E-state index contributed by atoms with van der Waals surface area (Å²) in [5.74, 6) is -1.65. The van der Waals surface area contributed by atoms with Gasteiger partial charge in [-0.3, -0.25) is 4.79 Å². The number of β-lactam (4-membered cyclic amide) rings is 1. The predicted octanol–water partition coefficient (Wildman–Crippen LogP) is 4.29. The lowest BCUT2D eigenvalue weighted by atomic mass is 9.78. The third-order valence-corrected chi connectivity index (χ3v) is 7.23. The van der Waals surface area contributed by atoms with E-state index < -0.39 is 35.8 Å². The Morgan fingerprint density at radius 2 is 1.64 bits per heavy atom. The monoisotopic (exact) mass is 537 g/mol. The minimum absolute atomic E-state index is 0.158. The molecule has 2 aliphatic heterocycles. The van der Waals surface area contributed by atoms with Crippen LogP contribution in [0.25, 0.3) is 0 Å². The number of piperazine rings is 1. The number of carbonyl (C=O) groups is 2. The van der Waals surface area contributed by atoms with E-state index in [2.05, 4.69) is 5.32 Å². The van der Waals surface area contributed by atoms with Crippen LogP contribution in [-0.2, 0) is 4.79 Å². The number of nitrogens with one attached hydrogen (secondary N) is 1. The van der Waals surface area contributed by atoms with E-state index in [0.717, 1.165) is 0 Å². The van der Waals surface area contributed by atoms with Crippen LogP contribution in [0.2, 0.25) is 0 Å². The van der Waals surface area contributed by atoms with E-state index in [-0.39, 0.29) is 23.8 Å². The highest BCUT2D eigenvalue weighted by Crippen LogP contribution is 2.49. The number of hydrogen-bond acceptors (Lipinski definition) is 6. The normalized spacial score (nSPS) is 19.9. The number of amides is 2. The lowest BCUT2D eigenvalue weighted by Crippen LogP contribution is -2.55. The van der Waals surface area contributed by atoms with E-state index in [9.17, 15) is 28.6 Å². The zero-order valence-electron chi connectivity index (χ0n) is 21.1. The smallest absolute Gasteiger partial charge is 0.415 e. The molecule has 2 fully saturated rings. The maximum Gasteiger partial charge on any atom is 0.415 e. The molecule has 2 heterocycles. The molecule has 2 aliphatic rings. The number of phenols is 1. The van der Waals surface area contributed by atoms with Gasteiger partial charge < -0.3 is 30.1 Å². The average molecular weight is 538 g/mol. The summed E-state index contributed by atoms with van der Waals surface area (Å²) in [4.78, 5) is 28.8. The van der Waals surface area contributed by atoms with Crippen LogP contribution in [0.5, 0.6) is 11.5 Å². The van der Waals surface area contributed by atoms with Gasteiger partial charge in [0.2, 0.25) is 5.91 Å². The van der Waals surface area contributed by atoms with Crippen LogP contribution in [0.3, 0.4) is 0 Å². The number of carbonyl (C=O) groups excluding carboxylic acids is 2. The molecule has 0 bridgehead atoms. The van der Waals surface area contributed by atoms with Gasteiger partial charge in [0, 0.05) is 43.5 Å². The van der Waals surface area contributed by atoms with Gasteiger partial charge in [-0.25, -0.2) is 13.6 Å². The van der Waals surface area contributed by atoms with E-state index >= 15 is 0 Å². The van der Waals surface area contributed by atoms with Crippen LogP contribution in [0.1, 0.15) is 36.1 Å². The molecule has 10 heteroatoms. The number of anilines is 1. The van der Waals surface area contributed by atoms with Crippen molar-refractivity contribution in [2.75, 3.05) is 31.1 Å². The quantitative estimate of drug-likeness (QED) is 0.389. The van der Waals surface area contributed by atoms with Crippen molar-refractivity contribution >= 4 is 17.7 Å². The highest BCUT2D eigenvalue weighted by atomic mass is 19.1. The third kappa shape index (κ3) is 5.71. The average Bonchev–Trinajstić information content (AvgIpc) is 2.94. The Kier molecular flexibility index (Phi) is 7.76. The number of aliphatic hydroxyl groups excluding tert-OH is 1. The molecule has 3 atom stereocenters. The van der Waals surface area contributed by atoms with Gasteiger partial charge in [0.1, 0.15) is 23.1 Å². The van der Waals surface area contributed by atoms with Crippen molar-refractivity contribution in [1.82, 2.24) is 10.2 Å². The summed E-state index contributed by atoms with van der Waals surface area (Å²) in [6.45, 7) is 2.38. The lowest BCUT2D eigenvalue weighted by molar-refractivity contribution is -0.131. The van der Waals surface area contributed by atoms with Gasteiger partial charge in [-0.15, -0.1) is 0 Å². The maximum absolute atomic E-state index is 13.6. The first-order valence-corrected chi connectivity index (χ1v) is 12.8. The van der Waals surface area contributed by atoms with E-state index in [0.29, 0.717) is 49.4 Å². The first-order chi connectivity index (χ1) is 18.8. The molecule has 0 spiro atoms. The largest absolute Gasteiger partial charge is 0.507 e. The molecule has 3 unspecified atom stereocenters. The van der Waals surface area contributed by atoms with Gasteiger partial charge in [0.15, 0.2) is 0 Å². The Labute approximate surface area is 224 Å². The van der Waals surface area contributed by atoms with Crippen LogP contribution in [0.4, 0.5) is 19.3 Å². The molecule has 0 saturated carbocycles. The number of rotatable bonds is 7. The minimum atomic E-state index is -0.903. The van der Waals surface area contributed by atoms with Crippen molar-refractivity contribution in [3.8, 4) is 11.5 Å². The Morgan fingerprint density at radius 3 is 2.28 bits per heavy atom. The maximum atomic E-state index is 13.6. The number of halogens is 2. The minimum Gasteiger partial charge on any atom is -0.507 e. The van der Waals surface area contributed by atoms with Crippen LogP contribution < -0.4 is 15.0 Å². The molecule has 0 radical (unpaired) electrons. The summed E-state index contributed by atoms with van der Waals surface area (Å²) in [5.41, 5.74) is 1.44. The third-order valence-electron chi connectivity index (χ3n) is 7.23. The van der Waals surface area contributed by atoms with Crippen molar-refractivity contribution in [3.63, 3.8) is 0 Å². The van der Waals surface area contributed by atoms with Crippen LogP contribution in [0.15, 0.2) is 66.7 Å². The molecule has 0 aliphatic carbocycles. The first-order valence-electron chi connectivity index (χ1n) is 12.8. The number of ether oxygens (including phenoxy) is 1. The highest BCUT2D eigenvalue weighted by Gasteiger charge is 2.49. The van der Waals surface area contributed by atoms with Gasteiger partial charge in [-0.2, -0.15) is 0 Å². The second kappa shape index (κ2) is 11.4. The molecule has 3 aromatic rings. The molecule has 39 heavy (non-hydrogen) atoms. The summed E-state index contributed by atoms with van der Waals surface area (Å²) < 4.78 is 32.3. The zero-order chi connectivity index (χ0) is 27.5. The van der Waals surface area contributed by atoms with Crippen molar-refractivity contribution < 1.29 is 33.3 Å². The van der Waals surface area contributed by atoms with Gasteiger partial charge in [-0.05, 0) is 66.9 Å². The number of hydrogen-bond donors (Lipinski definition) is 3. The van der Waals surface area contributed by atoms with E-state index in [1.807, 2.05) is 0 Å². The second-order valence-corrected chi connectivity index (χ2v) is 9.71. The molecular formula is C29H29F2N3O5.